The van der Waals surface area contributed by atoms with Crippen molar-refractivity contribution in [2.24, 2.45) is 0 Å². The van der Waals surface area contributed by atoms with Crippen LogP contribution in [0.2, 0.25) is 0 Å². The predicted octanol–water partition coefficient (Wildman–Crippen LogP) is 1.72. The molecule has 9 heteroatoms. The van der Waals surface area contributed by atoms with Gasteiger partial charge in [-0.3, -0.25) is 10.1 Å². The first-order chi connectivity index (χ1) is 8.43. The summed E-state index contributed by atoms with van der Waals surface area (Å²) in [5.41, 5.74) is -2.35. The third-order valence-corrected chi connectivity index (χ3v) is 2.03. The summed E-state index contributed by atoms with van der Waals surface area (Å²) in [6.45, 7) is 0. The van der Waals surface area contributed by atoms with Crippen LogP contribution in [0.25, 0.3) is 0 Å². The smallest absolute Gasteiger partial charge is 0.346 e. The van der Waals surface area contributed by atoms with Crippen molar-refractivity contribution in [3.8, 4) is 5.75 Å². The van der Waals surface area contributed by atoms with Crippen LogP contribution < -0.4 is 4.74 Å². The number of carbonyl (C=O) groups excluding carboxylic acids is 1. The highest BCUT2D eigenvalue weighted by atomic mass is 19.3. The Morgan fingerprint density at radius 1 is 1.50 bits per heavy atom. The van der Waals surface area contributed by atoms with E-state index in [1.807, 2.05) is 0 Å². The Kier molecular flexibility index (Phi) is 4.08. The van der Waals surface area contributed by atoms with Crippen molar-refractivity contribution < 1.29 is 28.0 Å². The second-order valence-corrected chi connectivity index (χ2v) is 2.99. The van der Waals surface area contributed by atoms with Crippen LogP contribution in [0.15, 0.2) is 6.20 Å². The van der Waals surface area contributed by atoms with Gasteiger partial charge in [-0.05, 0) is 0 Å². The maximum atomic E-state index is 12.6. The van der Waals surface area contributed by atoms with Gasteiger partial charge in [0.25, 0.3) is 6.43 Å². The van der Waals surface area contributed by atoms with E-state index in [-0.39, 0.29) is 0 Å². The van der Waals surface area contributed by atoms with Gasteiger partial charge in [0.15, 0.2) is 11.3 Å². The second kappa shape index (κ2) is 5.34. The van der Waals surface area contributed by atoms with Crippen LogP contribution in [0.4, 0.5) is 14.5 Å². The Labute approximate surface area is 99.5 Å². The summed E-state index contributed by atoms with van der Waals surface area (Å²) >= 11 is 0. The molecule has 0 saturated carbocycles. The van der Waals surface area contributed by atoms with E-state index in [2.05, 4.69) is 14.5 Å². The molecule has 18 heavy (non-hydrogen) atoms. The largest absolute Gasteiger partial charge is 0.489 e. The topological polar surface area (TPSA) is 91.6 Å². The van der Waals surface area contributed by atoms with Crippen molar-refractivity contribution in [3.63, 3.8) is 0 Å². The summed E-state index contributed by atoms with van der Waals surface area (Å²) in [6.07, 6.45) is -2.40. The van der Waals surface area contributed by atoms with Crippen molar-refractivity contribution in [1.29, 1.82) is 0 Å². The van der Waals surface area contributed by atoms with Crippen LogP contribution >= 0.6 is 0 Å². The number of ether oxygens (including phenoxy) is 2. The molecule has 0 radical (unpaired) electrons. The predicted molar refractivity (Wildman–Crippen MR) is 53.7 cm³/mol. The van der Waals surface area contributed by atoms with Crippen molar-refractivity contribution in [2.45, 2.75) is 6.43 Å². The zero-order valence-electron chi connectivity index (χ0n) is 9.35. The van der Waals surface area contributed by atoms with E-state index >= 15 is 0 Å². The number of rotatable bonds is 4. The molecule has 0 N–H and O–H groups in total. The lowest BCUT2D eigenvalue weighted by atomic mass is 10.2. The maximum absolute atomic E-state index is 12.6. The molecule has 0 aliphatic carbocycles. The molecule has 0 amide bonds. The first-order valence-electron chi connectivity index (χ1n) is 4.51. The molecular formula is C9H8F2N2O5. The highest BCUT2D eigenvalue weighted by molar-refractivity contribution is 5.94. The number of nitrogens with zero attached hydrogens (tertiary/aromatic N) is 2. The summed E-state index contributed by atoms with van der Waals surface area (Å²) in [4.78, 5) is 24.4. The third kappa shape index (κ3) is 2.34. The fraction of sp³-hybridized carbons (Fsp3) is 0.333. The number of hydrogen-bond acceptors (Lipinski definition) is 6. The number of carbonyl (C=O) groups is 1. The van der Waals surface area contributed by atoms with Crippen LogP contribution in [0.3, 0.4) is 0 Å². The number of nitro groups is 1. The summed E-state index contributed by atoms with van der Waals surface area (Å²) < 4.78 is 34.0. The van der Waals surface area contributed by atoms with Gasteiger partial charge in [0, 0.05) is 6.20 Å². The molecular weight excluding hydrogens is 254 g/mol. The standard InChI is InChI=1S/C9H8F2N2O5/c1-17-7-5(8(10)11)12-3-4(9(14)18-2)6(7)13(15)16/h3,8H,1-2H3. The lowest BCUT2D eigenvalue weighted by molar-refractivity contribution is -0.386. The van der Waals surface area contributed by atoms with Gasteiger partial charge >= 0.3 is 11.7 Å². The van der Waals surface area contributed by atoms with E-state index in [1.165, 1.54) is 0 Å². The number of hydrogen-bond donors (Lipinski definition) is 0. The Morgan fingerprint density at radius 2 is 2.11 bits per heavy atom. The Bertz CT molecular complexity index is 492. The van der Waals surface area contributed by atoms with Crippen LogP contribution in [0, 0.1) is 10.1 Å². The van der Waals surface area contributed by atoms with Crippen molar-refractivity contribution in [1.82, 2.24) is 4.98 Å². The van der Waals surface area contributed by atoms with Crippen molar-refractivity contribution in [3.05, 3.63) is 27.6 Å². The van der Waals surface area contributed by atoms with Gasteiger partial charge in [-0.25, -0.2) is 18.6 Å². The second-order valence-electron chi connectivity index (χ2n) is 2.99. The number of pyridine rings is 1. The molecule has 0 atom stereocenters. The van der Waals surface area contributed by atoms with E-state index in [4.69, 9.17) is 0 Å². The van der Waals surface area contributed by atoms with Crippen LogP contribution in [0.1, 0.15) is 22.5 Å². The number of aromatic nitrogens is 1. The molecule has 0 aliphatic heterocycles. The molecule has 0 unspecified atom stereocenters. The van der Waals surface area contributed by atoms with Crippen LogP contribution in [-0.2, 0) is 4.74 Å². The van der Waals surface area contributed by atoms with E-state index < -0.39 is 40.0 Å². The lowest BCUT2D eigenvalue weighted by Crippen LogP contribution is -2.10. The van der Waals surface area contributed by atoms with Crippen LogP contribution in [0.5, 0.6) is 5.75 Å². The van der Waals surface area contributed by atoms with Gasteiger partial charge in [0.05, 0.1) is 19.1 Å². The first-order valence-corrected chi connectivity index (χ1v) is 4.51. The molecule has 0 spiro atoms. The monoisotopic (exact) mass is 262 g/mol. The molecule has 1 aromatic rings. The molecule has 7 nitrogen and oxygen atoms in total. The third-order valence-electron chi connectivity index (χ3n) is 2.03. The molecule has 0 fully saturated rings. The molecule has 0 aromatic carbocycles. The van der Waals surface area contributed by atoms with Gasteiger partial charge in [-0.1, -0.05) is 0 Å². The number of halogens is 2. The fourth-order valence-electron chi connectivity index (χ4n) is 1.29. The number of methoxy groups -OCH3 is 2. The summed E-state index contributed by atoms with van der Waals surface area (Å²) in [6, 6.07) is 0. The molecule has 0 bridgehead atoms. The van der Waals surface area contributed by atoms with Gasteiger partial charge in [-0.15, -0.1) is 0 Å². The highest BCUT2D eigenvalue weighted by Crippen LogP contribution is 2.37. The van der Waals surface area contributed by atoms with E-state index in [1.54, 1.807) is 0 Å². The molecule has 1 rings (SSSR count). The first kappa shape index (κ1) is 13.7. The van der Waals surface area contributed by atoms with Gasteiger partial charge in [0.2, 0.25) is 5.75 Å². The lowest BCUT2D eigenvalue weighted by Gasteiger charge is -2.09. The molecule has 0 aliphatic rings. The average Bonchev–Trinajstić information content (AvgIpc) is 2.35. The zero-order chi connectivity index (χ0) is 13.9. The Balaban J connectivity index is 3.58. The summed E-state index contributed by atoms with van der Waals surface area (Å²) in [7, 11) is 1.97. The quantitative estimate of drug-likeness (QED) is 0.466. The van der Waals surface area contributed by atoms with Gasteiger partial charge in [-0.2, -0.15) is 0 Å². The fourth-order valence-corrected chi connectivity index (χ4v) is 1.29. The summed E-state index contributed by atoms with van der Waals surface area (Å²) in [5.74, 6) is -1.81. The van der Waals surface area contributed by atoms with Crippen molar-refractivity contribution >= 4 is 11.7 Å². The number of esters is 1. The molecule has 1 aromatic heterocycles. The summed E-state index contributed by atoms with van der Waals surface area (Å²) in [5, 5.41) is 10.8. The Hall–Kier alpha value is -2.32. The average molecular weight is 262 g/mol. The van der Waals surface area contributed by atoms with E-state index in [9.17, 15) is 23.7 Å². The Morgan fingerprint density at radius 3 is 2.50 bits per heavy atom. The number of alkyl halides is 2. The minimum Gasteiger partial charge on any atom is -0.489 e. The molecule has 98 valence electrons. The van der Waals surface area contributed by atoms with Gasteiger partial charge in [0.1, 0.15) is 0 Å². The minimum absolute atomic E-state index is 0.552. The maximum Gasteiger partial charge on any atom is 0.346 e. The van der Waals surface area contributed by atoms with Gasteiger partial charge < -0.3 is 9.47 Å². The van der Waals surface area contributed by atoms with E-state index in [0.717, 1.165) is 14.2 Å². The van der Waals surface area contributed by atoms with E-state index in [0.29, 0.717) is 6.20 Å². The SMILES string of the molecule is COC(=O)c1cnc(C(F)F)c(OC)c1[N+](=O)[O-]. The van der Waals surface area contributed by atoms with Crippen molar-refractivity contribution in [2.75, 3.05) is 14.2 Å². The normalized spacial score (nSPS) is 10.3. The zero-order valence-corrected chi connectivity index (χ0v) is 9.35. The highest BCUT2D eigenvalue weighted by Gasteiger charge is 2.32. The molecule has 0 saturated heterocycles. The van der Waals surface area contributed by atoms with Crippen LogP contribution in [-0.4, -0.2) is 30.1 Å². The molecule has 1 heterocycles. The minimum atomic E-state index is -3.06.